The number of aryl methyl sites for hydroxylation is 1. The lowest BCUT2D eigenvalue weighted by Crippen LogP contribution is -2.33. The lowest BCUT2D eigenvalue weighted by Gasteiger charge is -2.31. The summed E-state index contributed by atoms with van der Waals surface area (Å²) >= 11 is 1.99. The van der Waals surface area contributed by atoms with Crippen molar-refractivity contribution in [3.8, 4) is 17.2 Å². The summed E-state index contributed by atoms with van der Waals surface area (Å²) < 4.78 is 0. The van der Waals surface area contributed by atoms with E-state index in [2.05, 4.69) is 69.0 Å². The van der Waals surface area contributed by atoms with E-state index in [0.717, 1.165) is 36.2 Å². The first kappa shape index (κ1) is 22.6. The van der Waals surface area contributed by atoms with Gasteiger partial charge in [-0.15, -0.1) is 11.3 Å². The van der Waals surface area contributed by atoms with Crippen LogP contribution in [0.25, 0.3) is 11.1 Å². The molecule has 3 nitrogen and oxygen atoms in total. The van der Waals surface area contributed by atoms with E-state index in [1.807, 2.05) is 29.5 Å². The van der Waals surface area contributed by atoms with Gasteiger partial charge in [-0.1, -0.05) is 48.9 Å². The number of fused-ring (bicyclic) bond motifs is 3. The molecule has 0 N–H and O–H groups in total. The van der Waals surface area contributed by atoms with E-state index >= 15 is 0 Å². The quantitative estimate of drug-likeness (QED) is 0.399. The number of rotatable bonds is 4. The van der Waals surface area contributed by atoms with Crippen LogP contribution in [0.2, 0.25) is 0 Å². The van der Waals surface area contributed by atoms with Crippen molar-refractivity contribution >= 4 is 22.0 Å². The Morgan fingerprint density at radius 1 is 1.09 bits per heavy atom. The number of nitrogens with zero attached hydrogens (tertiary/aromatic N) is 3. The van der Waals surface area contributed by atoms with Crippen LogP contribution < -0.4 is 4.90 Å². The molecule has 0 bridgehead atoms. The fourth-order valence-corrected chi connectivity index (χ4v) is 6.70. The average molecular weight is 466 g/mol. The first-order chi connectivity index (χ1) is 16.5. The second-order valence-electron chi connectivity index (χ2n) is 9.44. The monoisotopic (exact) mass is 465 g/mol. The number of aliphatic imine (C=N–C) groups is 1. The zero-order chi connectivity index (χ0) is 23.8. The highest BCUT2D eigenvalue weighted by atomic mass is 32.1. The van der Waals surface area contributed by atoms with Crippen molar-refractivity contribution < 1.29 is 0 Å². The molecule has 3 aromatic rings. The van der Waals surface area contributed by atoms with Gasteiger partial charge in [-0.25, -0.2) is 0 Å². The summed E-state index contributed by atoms with van der Waals surface area (Å²) in [6.45, 7) is 9.87. The fourth-order valence-electron chi connectivity index (χ4n) is 5.16. The van der Waals surface area contributed by atoms with Crippen LogP contribution in [0.5, 0.6) is 0 Å². The second-order valence-corrected chi connectivity index (χ2v) is 10.5. The number of benzene rings is 2. The summed E-state index contributed by atoms with van der Waals surface area (Å²) in [7, 11) is 0. The van der Waals surface area contributed by atoms with E-state index in [1.165, 1.54) is 45.8 Å². The van der Waals surface area contributed by atoms with Crippen molar-refractivity contribution in [3.63, 3.8) is 0 Å². The molecule has 0 radical (unpaired) electrons. The number of allylic oxidation sites excluding steroid dienone is 2. The Morgan fingerprint density at radius 2 is 1.85 bits per heavy atom. The van der Waals surface area contributed by atoms with E-state index < -0.39 is 0 Å². The van der Waals surface area contributed by atoms with Crippen molar-refractivity contribution in [2.75, 3.05) is 11.4 Å². The number of nitriles is 1. The van der Waals surface area contributed by atoms with Gasteiger partial charge in [0.1, 0.15) is 5.00 Å². The van der Waals surface area contributed by atoms with Gasteiger partial charge in [0, 0.05) is 21.7 Å². The number of hydrogen-bond acceptors (Lipinski definition) is 4. The van der Waals surface area contributed by atoms with Crippen molar-refractivity contribution in [1.29, 1.82) is 5.26 Å². The summed E-state index contributed by atoms with van der Waals surface area (Å²) in [6.07, 6.45) is 4.65. The van der Waals surface area contributed by atoms with Gasteiger partial charge in [-0.2, -0.15) is 5.26 Å². The Labute approximate surface area is 207 Å². The first-order valence-electron chi connectivity index (χ1n) is 12.3. The molecule has 1 unspecified atom stereocenters. The lowest BCUT2D eigenvalue weighted by molar-refractivity contribution is 0.699. The Balaban J connectivity index is 1.60. The maximum absolute atomic E-state index is 9.26. The van der Waals surface area contributed by atoms with Crippen LogP contribution in [0, 0.1) is 11.3 Å². The lowest BCUT2D eigenvalue weighted by atomic mass is 9.96. The molecule has 1 atom stereocenters. The van der Waals surface area contributed by atoms with Crippen molar-refractivity contribution in [2.24, 2.45) is 4.99 Å². The predicted molar refractivity (Wildman–Crippen MR) is 144 cm³/mol. The highest BCUT2D eigenvalue weighted by molar-refractivity contribution is 7.17. The number of thiophene rings is 1. The molecular formula is C30H31N3S. The third-order valence-electron chi connectivity index (χ3n) is 7.31. The van der Waals surface area contributed by atoms with E-state index in [4.69, 9.17) is 4.99 Å². The molecule has 172 valence electrons. The average Bonchev–Trinajstić information content (AvgIpc) is 3.43. The summed E-state index contributed by atoms with van der Waals surface area (Å²) in [5, 5.41) is 10.6. The molecule has 0 spiro atoms. The van der Waals surface area contributed by atoms with E-state index in [1.54, 1.807) is 4.88 Å². The number of anilines is 1. The van der Waals surface area contributed by atoms with E-state index in [0.29, 0.717) is 11.6 Å². The van der Waals surface area contributed by atoms with Gasteiger partial charge in [-0.3, -0.25) is 4.99 Å². The van der Waals surface area contributed by atoms with Crippen LogP contribution >= 0.6 is 11.3 Å². The predicted octanol–water partition coefficient (Wildman–Crippen LogP) is 7.53. The zero-order valence-electron chi connectivity index (χ0n) is 20.5. The van der Waals surface area contributed by atoms with Crippen molar-refractivity contribution in [3.05, 3.63) is 86.9 Å². The molecule has 34 heavy (non-hydrogen) atoms. The van der Waals surface area contributed by atoms with E-state index in [-0.39, 0.29) is 0 Å². The highest BCUT2D eigenvalue weighted by Crippen LogP contribution is 2.45. The molecule has 0 saturated carbocycles. The molecule has 0 saturated heterocycles. The molecular weight excluding hydrogens is 434 g/mol. The molecule has 2 aromatic carbocycles. The van der Waals surface area contributed by atoms with Crippen molar-refractivity contribution in [1.82, 2.24) is 0 Å². The van der Waals surface area contributed by atoms with Crippen LogP contribution in [0.1, 0.15) is 67.7 Å². The summed E-state index contributed by atoms with van der Waals surface area (Å²) in [4.78, 5) is 9.34. The minimum absolute atomic E-state index is 0.324. The Morgan fingerprint density at radius 3 is 2.59 bits per heavy atom. The highest BCUT2D eigenvalue weighted by Gasteiger charge is 2.33. The zero-order valence-corrected chi connectivity index (χ0v) is 21.3. The van der Waals surface area contributed by atoms with Gasteiger partial charge in [0.05, 0.1) is 29.9 Å². The molecule has 1 aliphatic carbocycles. The fraction of sp³-hybridized carbons (Fsp3) is 0.333. The SMILES string of the molecule is CC/C(C)=C(\C)N1c2sc3c(c2C(c2ccc(-c4cccc(C#N)c4)cc2)=NCC1C)CCC3. The van der Waals surface area contributed by atoms with Gasteiger partial charge >= 0.3 is 0 Å². The minimum atomic E-state index is 0.324. The summed E-state index contributed by atoms with van der Waals surface area (Å²) in [5.74, 6) is 0. The third-order valence-corrected chi connectivity index (χ3v) is 8.60. The number of hydrogen-bond donors (Lipinski definition) is 0. The first-order valence-corrected chi connectivity index (χ1v) is 13.1. The maximum Gasteiger partial charge on any atom is 0.105 e. The van der Waals surface area contributed by atoms with Gasteiger partial charge in [0.25, 0.3) is 0 Å². The van der Waals surface area contributed by atoms with E-state index in [9.17, 15) is 5.26 Å². The van der Waals surface area contributed by atoms with Crippen LogP contribution in [0.15, 0.2) is 64.8 Å². The van der Waals surface area contributed by atoms with Gasteiger partial charge in [0.2, 0.25) is 0 Å². The van der Waals surface area contributed by atoms with Gasteiger partial charge < -0.3 is 4.90 Å². The smallest absolute Gasteiger partial charge is 0.105 e. The molecule has 2 aliphatic rings. The van der Waals surface area contributed by atoms with Crippen LogP contribution in [-0.4, -0.2) is 18.3 Å². The topological polar surface area (TPSA) is 39.4 Å². The second kappa shape index (κ2) is 9.24. The Kier molecular flexibility index (Phi) is 6.15. The molecule has 4 heteroatoms. The molecule has 1 aromatic heterocycles. The third kappa shape index (κ3) is 3.89. The molecule has 0 fully saturated rings. The normalized spacial score (nSPS) is 17.9. The molecule has 5 rings (SSSR count). The van der Waals surface area contributed by atoms with Crippen LogP contribution in [0.4, 0.5) is 5.00 Å². The van der Waals surface area contributed by atoms with Crippen LogP contribution in [0.3, 0.4) is 0 Å². The maximum atomic E-state index is 9.26. The standard InChI is InChI=1S/C30H31N3S/c1-5-19(2)21(4)33-20(3)18-32-29(28-26-10-7-11-27(26)34-30(28)33)24-14-12-23(13-15-24)25-9-6-8-22(16-25)17-31/h6,8-9,12-16,20H,5,7,10-11,18H2,1-4H3/b21-19+. The largest absolute Gasteiger partial charge is 0.332 e. The summed E-state index contributed by atoms with van der Waals surface area (Å²) in [5.41, 5.74) is 10.9. The van der Waals surface area contributed by atoms with Crippen molar-refractivity contribution in [2.45, 2.75) is 59.4 Å². The van der Waals surface area contributed by atoms with Gasteiger partial charge in [-0.05, 0) is 75.3 Å². The summed E-state index contributed by atoms with van der Waals surface area (Å²) in [6, 6.07) is 19.1. The minimum Gasteiger partial charge on any atom is -0.332 e. The van der Waals surface area contributed by atoms with Crippen LogP contribution in [-0.2, 0) is 12.8 Å². The Hall–Kier alpha value is -3.16. The molecule has 2 heterocycles. The van der Waals surface area contributed by atoms with Gasteiger partial charge in [0.15, 0.2) is 0 Å². The Bertz CT molecular complexity index is 1330. The molecule has 0 amide bonds. The molecule has 1 aliphatic heterocycles.